The van der Waals surface area contributed by atoms with Crippen LogP contribution in [0.3, 0.4) is 0 Å². The summed E-state index contributed by atoms with van der Waals surface area (Å²) in [5.41, 5.74) is 4.78. The van der Waals surface area contributed by atoms with E-state index in [1.54, 1.807) is 11.3 Å². The smallest absolute Gasteiger partial charge is 0.212 e. The van der Waals surface area contributed by atoms with Crippen LogP contribution in [0.25, 0.3) is 0 Å². The molecule has 0 radical (unpaired) electrons. The molecule has 0 aliphatic carbocycles. The zero-order chi connectivity index (χ0) is 25.5. The Kier molecular flexibility index (Phi) is 6.38. The van der Waals surface area contributed by atoms with Crippen molar-refractivity contribution in [3.05, 3.63) is 91.8 Å². The van der Waals surface area contributed by atoms with Gasteiger partial charge in [-0.1, -0.05) is 6.92 Å². The Morgan fingerprint density at radius 3 is 1.62 bits per heavy atom. The molecule has 4 heterocycles. The second-order valence-electron chi connectivity index (χ2n) is 9.81. The van der Waals surface area contributed by atoms with Gasteiger partial charge in [-0.3, -0.25) is 9.59 Å². The Labute approximate surface area is 224 Å². The Balaban J connectivity index is 1.07. The molecule has 2 aliphatic rings. The van der Waals surface area contributed by atoms with E-state index in [9.17, 15) is 9.59 Å². The number of ketones is 2. The first kappa shape index (κ1) is 24.0. The third-order valence-corrected chi connectivity index (χ3v) is 9.18. The van der Waals surface area contributed by atoms with Crippen LogP contribution in [0.1, 0.15) is 49.0 Å². The number of rotatable bonds is 7. The fraction of sp³-hybridized carbons (Fsp3) is 0.310. The van der Waals surface area contributed by atoms with Crippen molar-refractivity contribution in [3.63, 3.8) is 0 Å². The highest BCUT2D eigenvalue weighted by Crippen LogP contribution is 2.36. The molecule has 8 heteroatoms. The third-order valence-electron chi connectivity index (χ3n) is 7.41. The number of thiazole rings is 2. The zero-order valence-electron chi connectivity index (χ0n) is 20.9. The molecule has 2 aromatic carbocycles. The van der Waals surface area contributed by atoms with Crippen molar-refractivity contribution in [2.75, 3.05) is 36.0 Å². The van der Waals surface area contributed by atoms with Crippen molar-refractivity contribution in [1.29, 1.82) is 0 Å². The van der Waals surface area contributed by atoms with E-state index >= 15 is 0 Å². The number of carbonyl (C=O) groups is 2. The van der Waals surface area contributed by atoms with Gasteiger partial charge < -0.3 is 9.80 Å². The summed E-state index contributed by atoms with van der Waals surface area (Å²) in [6.45, 7) is 8.02. The highest BCUT2D eigenvalue weighted by atomic mass is 32.1. The van der Waals surface area contributed by atoms with Gasteiger partial charge in [-0.05, 0) is 61.9 Å². The van der Waals surface area contributed by atoms with Crippen molar-refractivity contribution in [2.24, 2.45) is 11.8 Å². The molecular weight excluding hydrogens is 500 g/mol. The summed E-state index contributed by atoms with van der Waals surface area (Å²) in [6.07, 6.45) is 0.851. The molecule has 0 N–H and O–H groups in total. The van der Waals surface area contributed by atoms with Crippen molar-refractivity contribution in [3.8, 4) is 0 Å². The number of aromatic nitrogens is 2. The molecule has 188 valence electrons. The second-order valence-corrected chi connectivity index (χ2v) is 11.8. The molecule has 6 nitrogen and oxygen atoms in total. The van der Waals surface area contributed by atoms with Crippen molar-refractivity contribution >= 4 is 45.6 Å². The van der Waals surface area contributed by atoms with Crippen LogP contribution in [0.15, 0.2) is 59.3 Å². The number of anilines is 2. The predicted molar refractivity (Wildman–Crippen MR) is 149 cm³/mol. The van der Waals surface area contributed by atoms with E-state index < -0.39 is 0 Å². The normalized spacial score (nSPS) is 18.9. The van der Waals surface area contributed by atoms with E-state index in [-0.39, 0.29) is 11.6 Å². The molecule has 0 saturated carbocycles. The molecule has 2 unspecified atom stereocenters. The SMILES string of the molecule is CCc1nc(C(=O)c2ccc(N3CC4CN(c5ccc(C(=O)c6csc(C)n6)cc5)CC4C3)cc2)cs1. The summed E-state index contributed by atoms with van der Waals surface area (Å²) in [5, 5.41) is 5.58. The van der Waals surface area contributed by atoms with Crippen LogP contribution in [-0.2, 0) is 6.42 Å². The topological polar surface area (TPSA) is 66.4 Å². The van der Waals surface area contributed by atoms with Crippen LogP contribution in [-0.4, -0.2) is 47.7 Å². The number of hydrogen-bond acceptors (Lipinski definition) is 8. The van der Waals surface area contributed by atoms with Gasteiger partial charge >= 0.3 is 0 Å². The largest absolute Gasteiger partial charge is 0.371 e. The van der Waals surface area contributed by atoms with Gasteiger partial charge in [-0.15, -0.1) is 22.7 Å². The molecule has 6 rings (SSSR count). The molecule has 2 saturated heterocycles. The van der Waals surface area contributed by atoms with E-state index in [1.807, 2.05) is 41.9 Å². The summed E-state index contributed by atoms with van der Waals surface area (Å²) in [7, 11) is 0. The first-order valence-corrected chi connectivity index (χ1v) is 14.4. The lowest BCUT2D eigenvalue weighted by Crippen LogP contribution is -2.28. The number of fused-ring (bicyclic) bond motifs is 1. The van der Waals surface area contributed by atoms with E-state index in [2.05, 4.69) is 51.0 Å². The molecule has 37 heavy (non-hydrogen) atoms. The quantitative estimate of drug-likeness (QED) is 0.295. The standard InChI is InChI=1S/C29H28N4O2S2/c1-3-27-31-26(17-37-27)29(35)20-6-10-24(11-7-20)33-14-21-12-32(13-22(21)15-33)23-8-4-19(5-9-23)28(34)25-16-36-18(2)30-25/h4-11,16-17,21-22H,3,12-15H2,1-2H3. The van der Waals surface area contributed by atoms with Crippen LogP contribution in [0.4, 0.5) is 11.4 Å². The van der Waals surface area contributed by atoms with Gasteiger partial charge in [-0.2, -0.15) is 0 Å². The molecule has 2 aliphatic heterocycles. The van der Waals surface area contributed by atoms with Crippen molar-refractivity contribution in [1.82, 2.24) is 9.97 Å². The molecule has 2 fully saturated rings. The fourth-order valence-corrected chi connectivity index (χ4v) is 6.72. The van der Waals surface area contributed by atoms with E-state index in [0.29, 0.717) is 34.4 Å². The van der Waals surface area contributed by atoms with Crippen LogP contribution in [0.2, 0.25) is 0 Å². The van der Waals surface area contributed by atoms with Crippen molar-refractivity contribution in [2.45, 2.75) is 20.3 Å². The molecule has 2 aromatic heterocycles. The number of hydrogen-bond donors (Lipinski definition) is 0. The molecule has 0 spiro atoms. The monoisotopic (exact) mass is 528 g/mol. The van der Waals surface area contributed by atoms with Gasteiger partial charge in [0.1, 0.15) is 11.4 Å². The van der Waals surface area contributed by atoms with Crippen LogP contribution in [0.5, 0.6) is 0 Å². The highest BCUT2D eigenvalue weighted by molar-refractivity contribution is 7.10. The third kappa shape index (κ3) is 4.71. The lowest BCUT2D eigenvalue weighted by atomic mass is 10.0. The van der Waals surface area contributed by atoms with Gasteiger partial charge in [0.05, 0.1) is 10.0 Å². The van der Waals surface area contributed by atoms with Crippen molar-refractivity contribution < 1.29 is 9.59 Å². The van der Waals surface area contributed by atoms with Crippen LogP contribution < -0.4 is 9.80 Å². The van der Waals surface area contributed by atoms with Crippen LogP contribution >= 0.6 is 22.7 Å². The van der Waals surface area contributed by atoms with Crippen LogP contribution in [0, 0.1) is 18.8 Å². The van der Waals surface area contributed by atoms with Gasteiger partial charge in [0.15, 0.2) is 0 Å². The fourth-order valence-electron chi connectivity index (χ4n) is 5.40. The average molecular weight is 529 g/mol. The minimum absolute atomic E-state index is 0.00847. The molecule has 2 atom stereocenters. The van der Waals surface area contributed by atoms with E-state index in [0.717, 1.165) is 42.6 Å². The summed E-state index contributed by atoms with van der Waals surface area (Å²) in [4.78, 5) is 39.1. The van der Waals surface area contributed by atoms with Gasteiger partial charge in [0.25, 0.3) is 0 Å². The lowest BCUT2D eigenvalue weighted by Gasteiger charge is -2.24. The number of nitrogens with zero attached hydrogens (tertiary/aromatic N) is 4. The Morgan fingerprint density at radius 1 is 0.757 bits per heavy atom. The van der Waals surface area contributed by atoms with Gasteiger partial charge in [0, 0.05) is 71.3 Å². The molecule has 0 amide bonds. The van der Waals surface area contributed by atoms with Gasteiger partial charge in [0.2, 0.25) is 11.6 Å². The summed E-state index contributed by atoms with van der Waals surface area (Å²) < 4.78 is 0. The second kappa shape index (κ2) is 9.84. The minimum Gasteiger partial charge on any atom is -0.371 e. The number of carbonyl (C=O) groups excluding carboxylic acids is 2. The Bertz CT molecular complexity index is 1430. The van der Waals surface area contributed by atoms with E-state index in [4.69, 9.17) is 0 Å². The Morgan fingerprint density at radius 2 is 1.22 bits per heavy atom. The maximum Gasteiger partial charge on any atom is 0.212 e. The van der Waals surface area contributed by atoms with Gasteiger partial charge in [-0.25, -0.2) is 9.97 Å². The summed E-state index contributed by atoms with van der Waals surface area (Å²) >= 11 is 3.04. The molecular formula is C29H28N4O2S2. The summed E-state index contributed by atoms with van der Waals surface area (Å²) in [6, 6.07) is 16.0. The molecule has 4 aromatic rings. The highest BCUT2D eigenvalue weighted by Gasteiger charge is 2.40. The first-order chi connectivity index (χ1) is 18.0. The minimum atomic E-state index is -0.0187. The zero-order valence-corrected chi connectivity index (χ0v) is 22.5. The Hall–Kier alpha value is -3.36. The number of aryl methyl sites for hydroxylation is 2. The maximum absolute atomic E-state index is 12.8. The number of benzene rings is 2. The lowest BCUT2D eigenvalue weighted by molar-refractivity contribution is 0.102. The summed E-state index contributed by atoms with van der Waals surface area (Å²) in [5.74, 6) is 1.17. The predicted octanol–water partition coefficient (Wildman–Crippen LogP) is 5.51. The maximum atomic E-state index is 12.8. The average Bonchev–Trinajstić information content (AvgIpc) is 3.72. The van der Waals surface area contributed by atoms with E-state index in [1.165, 1.54) is 22.7 Å². The molecule has 0 bridgehead atoms. The first-order valence-electron chi connectivity index (χ1n) is 12.6.